The summed E-state index contributed by atoms with van der Waals surface area (Å²) in [6.45, 7) is 1.30. The zero-order valence-corrected chi connectivity index (χ0v) is 6.35. The summed E-state index contributed by atoms with van der Waals surface area (Å²) in [5.74, 6) is 0. The van der Waals surface area contributed by atoms with Crippen LogP contribution >= 0.6 is 0 Å². The third-order valence-electron chi connectivity index (χ3n) is 0.830. The minimum absolute atomic E-state index is 0.170. The monoisotopic (exact) mass is 180 g/mol. The standard InChI is InChI=1S/C3H4O2SeSi/c6-3(5-7)1-4-2-3/h1-2H2. The maximum atomic E-state index is 4.84. The molecule has 0 unspecified atom stereocenters. The molecule has 0 saturated carbocycles. The van der Waals surface area contributed by atoms with Gasteiger partial charge in [-0.3, -0.25) is 0 Å². The molecule has 38 valence electrons. The van der Waals surface area contributed by atoms with E-state index in [9.17, 15) is 0 Å². The summed E-state index contributed by atoms with van der Waals surface area (Å²) < 4.78 is 9.47. The molecule has 0 N–H and O–H groups in total. The van der Waals surface area contributed by atoms with Gasteiger partial charge in [-0.1, -0.05) is 0 Å². The summed E-state index contributed by atoms with van der Waals surface area (Å²) in [7, 11) is 2.92. The zero-order chi connectivity index (χ0) is 5.33. The second kappa shape index (κ2) is 1.88. The van der Waals surface area contributed by atoms with Gasteiger partial charge in [0.15, 0.2) is 0 Å². The summed E-state index contributed by atoms with van der Waals surface area (Å²) in [6.07, 6.45) is 0. The van der Waals surface area contributed by atoms with Gasteiger partial charge in [-0.2, -0.15) is 0 Å². The number of ether oxygens (including phenoxy) is 1. The Morgan fingerprint density at radius 3 is 2.29 bits per heavy atom. The van der Waals surface area contributed by atoms with Crippen LogP contribution in [-0.4, -0.2) is 44.2 Å². The van der Waals surface area contributed by atoms with E-state index in [2.05, 4.69) is 26.5 Å². The average Bonchev–Trinajstić information content (AvgIpc) is 1.61. The van der Waals surface area contributed by atoms with Gasteiger partial charge in [-0.05, 0) is 0 Å². The first-order valence-electron chi connectivity index (χ1n) is 1.90. The molecule has 1 aliphatic heterocycles. The molecule has 1 rings (SSSR count). The van der Waals surface area contributed by atoms with Crippen molar-refractivity contribution in [1.82, 2.24) is 0 Å². The molecule has 0 aromatic rings. The van der Waals surface area contributed by atoms with Gasteiger partial charge < -0.3 is 0 Å². The fourth-order valence-corrected chi connectivity index (χ4v) is 0.795. The van der Waals surface area contributed by atoms with Gasteiger partial charge in [0.2, 0.25) is 0 Å². The predicted octanol–water partition coefficient (Wildman–Crippen LogP) is -1.02. The van der Waals surface area contributed by atoms with E-state index in [-0.39, 0.29) is 4.50 Å². The molecular weight excluding hydrogens is 175 g/mol. The van der Waals surface area contributed by atoms with Gasteiger partial charge in [0.05, 0.1) is 0 Å². The van der Waals surface area contributed by atoms with Crippen LogP contribution in [0.5, 0.6) is 0 Å². The Balaban J connectivity index is 2.29. The van der Waals surface area contributed by atoms with Gasteiger partial charge in [-0.25, -0.2) is 0 Å². The van der Waals surface area contributed by atoms with E-state index in [0.29, 0.717) is 13.2 Å². The van der Waals surface area contributed by atoms with E-state index < -0.39 is 0 Å². The van der Waals surface area contributed by atoms with Crippen molar-refractivity contribution >= 4 is 26.5 Å². The fourth-order valence-electron chi connectivity index (χ4n) is 0.328. The minimum atomic E-state index is -0.170. The van der Waals surface area contributed by atoms with Gasteiger partial charge in [0.1, 0.15) is 0 Å². The van der Waals surface area contributed by atoms with Gasteiger partial charge in [0, 0.05) is 0 Å². The van der Waals surface area contributed by atoms with E-state index in [0.717, 1.165) is 0 Å². The van der Waals surface area contributed by atoms with Crippen molar-refractivity contribution in [3.8, 4) is 0 Å². The first-order valence-corrected chi connectivity index (χ1v) is 3.16. The average molecular weight is 179 g/mol. The Morgan fingerprint density at radius 1 is 1.71 bits per heavy atom. The van der Waals surface area contributed by atoms with Crippen molar-refractivity contribution in [2.24, 2.45) is 0 Å². The van der Waals surface area contributed by atoms with E-state index in [4.69, 9.17) is 9.16 Å². The van der Waals surface area contributed by atoms with Crippen molar-refractivity contribution in [3.63, 3.8) is 0 Å². The van der Waals surface area contributed by atoms with Crippen LogP contribution < -0.4 is 0 Å². The Labute approximate surface area is 53.9 Å². The quantitative estimate of drug-likeness (QED) is 0.480. The number of hydrogen-bond acceptors (Lipinski definition) is 2. The third kappa shape index (κ3) is 1.06. The second-order valence-corrected chi connectivity index (χ2v) is 3.27. The number of hydrogen-bond donors (Lipinski definition) is 0. The van der Waals surface area contributed by atoms with Crippen LogP contribution in [-0.2, 0) is 9.16 Å². The van der Waals surface area contributed by atoms with Crippen LogP contribution in [0.3, 0.4) is 0 Å². The van der Waals surface area contributed by atoms with Gasteiger partial charge >= 0.3 is 53.4 Å². The summed E-state index contributed by atoms with van der Waals surface area (Å²) in [5.41, 5.74) is 0. The molecule has 0 aromatic carbocycles. The molecule has 1 fully saturated rings. The van der Waals surface area contributed by atoms with Crippen LogP contribution in [0.4, 0.5) is 0 Å². The first-order chi connectivity index (χ1) is 3.27. The Bertz CT molecular complexity index is 67.8. The van der Waals surface area contributed by atoms with Gasteiger partial charge in [0.25, 0.3) is 0 Å². The Kier molecular flexibility index (Phi) is 1.55. The summed E-state index contributed by atoms with van der Waals surface area (Å²) >= 11 is 2.84. The van der Waals surface area contributed by atoms with Crippen molar-refractivity contribution < 1.29 is 9.16 Å². The van der Waals surface area contributed by atoms with Crippen LogP contribution in [0, 0.1) is 0 Å². The van der Waals surface area contributed by atoms with Crippen LogP contribution in [0.25, 0.3) is 0 Å². The molecule has 0 spiro atoms. The fraction of sp³-hybridized carbons (Fsp3) is 1.00. The molecule has 2 nitrogen and oxygen atoms in total. The van der Waals surface area contributed by atoms with E-state index in [1.54, 1.807) is 0 Å². The SMILES string of the molecule is [Si]OC1([Se])COC1. The van der Waals surface area contributed by atoms with Crippen LogP contribution in [0.1, 0.15) is 0 Å². The summed E-state index contributed by atoms with van der Waals surface area (Å²) in [4.78, 5) is 0. The normalized spacial score (nSPS) is 26.6. The molecular formula is C3H4O2SeSi. The van der Waals surface area contributed by atoms with Crippen LogP contribution in [0.2, 0.25) is 0 Å². The predicted molar refractivity (Wildman–Crippen MR) is 26.1 cm³/mol. The molecule has 4 radical (unpaired) electrons. The van der Waals surface area contributed by atoms with E-state index in [1.807, 2.05) is 0 Å². The molecule has 0 bridgehead atoms. The maximum absolute atomic E-state index is 4.84. The van der Waals surface area contributed by atoms with Crippen molar-refractivity contribution in [3.05, 3.63) is 0 Å². The molecule has 0 atom stereocenters. The molecule has 4 heteroatoms. The van der Waals surface area contributed by atoms with Crippen molar-refractivity contribution in [2.75, 3.05) is 13.2 Å². The first kappa shape index (κ1) is 5.79. The molecule has 1 aliphatic rings. The number of rotatable bonds is 1. The van der Waals surface area contributed by atoms with E-state index in [1.165, 1.54) is 0 Å². The third-order valence-corrected chi connectivity index (χ3v) is 2.22. The summed E-state index contributed by atoms with van der Waals surface area (Å²) in [6, 6.07) is 0. The molecule has 1 saturated heterocycles. The van der Waals surface area contributed by atoms with E-state index >= 15 is 0 Å². The Morgan fingerprint density at radius 2 is 2.29 bits per heavy atom. The molecule has 1 heterocycles. The molecule has 0 aliphatic carbocycles. The van der Waals surface area contributed by atoms with Gasteiger partial charge in [-0.15, -0.1) is 0 Å². The topological polar surface area (TPSA) is 18.5 Å². The zero-order valence-electron chi connectivity index (χ0n) is 3.64. The second-order valence-electron chi connectivity index (χ2n) is 1.51. The molecule has 0 amide bonds. The van der Waals surface area contributed by atoms with Crippen molar-refractivity contribution in [2.45, 2.75) is 4.50 Å². The van der Waals surface area contributed by atoms with Crippen molar-refractivity contribution in [1.29, 1.82) is 0 Å². The summed E-state index contributed by atoms with van der Waals surface area (Å²) in [5, 5.41) is 0. The van der Waals surface area contributed by atoms with Crippen LogP contribution in [0.15, 0.2) is 0 Å². The Hall–Kier alpha value is 0.656. The molecule has 7 heavy (non-hydrogen) atoms. The molecule has 0 aromatic heterocycles.